The molecule has 0 radical (unpaired) electrons. The Morgan fingerprint density at radius 1 is 1.09 bits per heavy atom. The molecule has 1 aliphatic carbocycles. The number of piperidine rings is 1. The minimum atomic E-state index is -3.67. The number of carbonyl (C=O) groups is 1. The lowest BCUT2D eigenvalue weighted by Crippen LogP contribution is -2.41. The summed E-state index contributed by atoms with van der Waals surface area (Å²) in [5.74, 6) is 1.67. The Balaban J connectivity index is 1.21. The van der Waals surface area contributed by atoms with Crippen molar-refractivity contribution in [2.24, 2.45) is 5.92 Å². The number of aromatic nitrogens is 2. The normalized spacial score (nSPS) is 17.3. The SMILES string of the molecule is COc1ccc(C)cc1NC(=O)C1CCN(S(=O)(=O)c2ccc(-c3noc(C4CC4)n3)cc2)CC1. The number of methoxy groups -OCH3 is 1. The third-order valence-corrected chi connectivity index (χ3v) is 8.47. The van der Waals surface area contributed by atoms with Gasteiger partial charge in [0, 0.05) is 30.5 Å². The molecule has 9 nitrogen and oxygen atoms in total. The van der Waals surface area contributed by atoms with Gasteiger partial charge in [-0.05, 0) is 74.6 Å². The highest BCUT2D eigenvalue weighted by Gasteiger charge is 2.33. The second-order valence-electron chi connectivity index (χ2n) is 9.13. The number of carbonyl (C=O) groups excluding carboxylic acids is 1. The highest BCUT2D eigenvalue weighted by atomic mass is 32.2. The van der Waals surface area contributed by atoms with Crippen molar-refractivity contribution < 1.29 is 22.5 Å². The summed E-state index contributed by atoms with van der Waals surface area (Å²) in [6, 6.07) is 12.1. The summed E-state index contributed by atoms with van der Waals surface area (Å²) >= 11 is 0. The number of benzene rings is 2. The van der Waals surface area contributed by atoms with E-state index in [1.54, 1.807) is 31.4 Å². The zero-order valence-electron chi connectivity index (χ0n) is 19.7. The summed E-state index contributed by atoms with van der Waals surface area (Å²) in [7, 11) is -2.11. The van der Waals surface area contributed by atoms with Gasteiger partial charge in [0.1, 0.15) is 5.75 Å². The lowest BCUT2D eigenvalue weighted by Gasteiger charge is -2.30. The van der Waals surface area contributed by atoms with E-state index in [4.69, 9.17) is 9.26 Å². The van der Waals surface area contributed by atoms with Crippen molar-refractivity contribution in [2.75, 3.05) is 25.5 Å². The van der Waals surface area contributed by atoms with Crippen LogP contribution in [0.5, 0.6) is 5.75 Å². The van der Waals surface area contributed by atoms with Gasteiger partial charge in [-0.3, -0.25) is 4.79 Å². The number of amides is 1. The van der Waals surface area contributed by atoms with Gasteiger partial charge in [-0.2, -0.15) is 9.29 Å². The van der Waals surface area contributed by atoms with Crippen molar-refractivity contribution in [1.82, 2.24) is 14.4 Å². The van der Waals surface area contributed by atoms with Crippen molar-refractivity contribution in [3.63, 3.8) is 0 Å². The maximum absolute atomic E-state index is 13.2. The summed E-state index contributed by atoms with van der Waals surface area (Å²) in [5, 5.41) is 6.95. The number of hydrogen-bond donors (Lipinski definition) is 1. The average molecular weight is 497 g/mol. The van der Waals surface area contributed by atoms with E-state index in [0.717, 1.165) is 18.4 Å². The Labute approximate surface area is 204 Å². The lowest BCUT2D eigenvalue weighted by atomic mass is 9.97. The molecule has 2 aromatic carbocycles. The van der Waals surface area contributed by atoms with Crippen LogP contribution in [0.4, 0.5) is 5.69 Å². The van der Waals surface area contributed by atoms with Gasteiger partial charge in [0.25, 0.3) is 0 Å². The summed E-state index contributed by atoms with van der Waals surface area (Å²) < 4.78 is 38.4. The van der Waals surface area contributed by atoms with Gasteiger partial charge in [0.2, 0.25) is 27.6 Å². The minimum Gasteiger partial charge on any atom is -0.495 e. The Kier molecular flexibility index (Phi) is 6.33. The van der Waals surface area contributed by atoms with E-state index in [9.17, 15) is 13.2 Å². The van der Waals surface area contributed by atoms with Crippen molar-refractivity contribution in [3.05, 3.63) is 53.9 Å². The van der Waals surface area contributed by atoms with Crippen LogP contribution in [0, 0.1) is 12.8 Å². The third-order valence-electron chi connectivity index (χ3n) is 6.56. The van der Waals surface area contributed by atoms with Crippen molar-refractivity contribution in [2.45, 2.75) is 43.4 Å². The van der Waals surface area contributed by atoms with E-state index in [2.05, 4.69) is 15.5 Å². The van der Waals surface area contributed by atoms with Crippen LogP contribution in [-0.4, -0.2) is 49.0 Å². The molecule has 2 heterocycles. The number of aryl methyl sites for hydroxylation is 1. The summed E-state index contributed by atoms with van der Waals surface area (Å²) in [5.41, 5.74) is 2.34. The van der Waals surface area contributed by atoms with Gasteiger partial charge in [0.15, 0.2) is 0 Å². The van der Waals surface area contributed by atoms with E-state index < -0.39 is 10.0 Å². The summed E-state index contributed by atoms with van der Waals surface area (Å²) in [6.07, 6.45) is 3.03. The predicted molar refractivity (Wildman–Crippen MR) is 130 cm³/mol. The van der Waals surface area contributed by atoms with Crippen LogP contribution in [0.3, 0.4) is 0 Å². The second kappa shape index (κ2) is 9.43. The summed E-state index contributed by atoms with van der Waals surface area (Å²) in [4.78, 5) is 17.5. The Morgan fingerprint density at radius 2 is 1.80 bits per heavy atom. The number of ether oxygens (including phenoxy) is 1. The molecular weight excluding hydrogens is 468 g/mol. The van der Waals surface area contributed by atoms with Gasteiger partial charge in [0.05, 0.1) is 17.7 Å². The van der Waals surface area contributed by atoms with Crippen molar-refractivity contribution in [1.29, 1.82) is 0 Å². The molecule has 3 aromatic rings. The van der Waals surface area contributed by atoms with Gasteiger partial charge in [-0.25, -0.2) is 8.42 Å². The van der Waals surface area contributed by atoms with Crippen LogP contribution < -0.4 is 10.1 Å². The molecule has 184 valence electrons. The first-order chi connectivity index (χ1) is 16.8. The fraction of sp³-hybridized carbons (Fsp3) is 0.400. The second-order valence-corrected chi connectivity index (χ2v) is 11.1. The third kappa shape index (κ3) is 4.94. The molecule has 1 saturated carbocycles. The molecule has 10 heteroatoms. The van der Waals surface area contributed by atoms with Crippen LogP contribution in [0.2, 0.25) is 0 Å². The molecule has 2 fully saturated rings. The van der Waals surface area contributed by atoms with E-state index in [-0.39, 0.29) is 29.8 Å². The van der Waals surface area contributed by atoms with Gasteiger partial charge in [-0.1, -0.05) is 11.2 Å². The molecule has 0 unspecified atom stereocenters. The number of hydrogen-bond acceptors (Lipinski definition) is 7. The monoisotopic (exact) mass is 496 g/mol. The van der Waals surface area contributed by atoms with E-state index >= 15 is 0 Å². The van der Waals surface area contributed by atoms with Crippen molar-refractivity contribution in [3.8, 4) is 17.1 Å². The van der Waals surface area contributed by atoms with Crippen LogP contribution in [0.1, 0.15) is 43.1 Å². The topological polar surface area (TPSA) is 115 Å². The van der Waals surface area contributed by atoms with Crippen LogP contribution in [-0.2, 0) is 14.8 Å². The van der Waals surface area contributed by atoms with E-state index in [1.165, 1.54) is 4.31 Å². The smallest absolute Gasteiger partial charge is 0.243 e. The lowest BCUT2D eigenvalue weighted by molar-refractivity contribution is -0.120. The number of nitrogens with one attached hydrogen (secondary N) is 1. The minimum absolute atomic E-state index is 0.124. The first-order valence-electron chi connectivity index (χ1n) is 11.7. The molecule has 35 heavy (non-hydrogen) atoms. The zero-order chi connectivity index (χ0) is 24.6. The zero-order valence-corrected chi connectivity index (χ0v) is 20.5. The molecule has 1 N–H and O–H groups in total. The largest absolute Gasteiger partial charge is 0.495 e. The fourth-order valence-corrected chi connectivity index (χ4v) is 5.76. The maximum Gasteiger partial charge on any atom is 0.243 e. The maximum atomic E-state index is 13.2. The molecule has 1 aliphatic heterocycles. The first-order valence-corrected chi connectivity index (χ1v) is 13.2. The predicted octanol–water partition coefficient (Wildman–Crippen LogP) is 3.97. The number of nitrogens with zero attached hydrogens (tertiary/aromatic N) is 3. The van der Waals surface area contributed by atoms with Crippen molar-refractivity contribution >= 4 is 21.6 Å². The van der Waals surface area contributed by atoms with E-state index in [0.29, 0.717) is 47.5 Å². The van der Waals surface area contributed by atoms with E-state index in [1.807, 2.05) is 25.1 Å². The molecule has 1 aromatic heterocycles. The highest BCUT2D eigenvalue weighted by Crippen LogP contribution is 2.39. The molecule has 0 atom stereocenters. The van der Waals surface area contributed by atoms with Gasteiger partial charge < -0.3 is 14.6 Å². The van der Waals surface area contributed by atoms with Gasteiger partial charge in [-0.15, -0.1) is 0 Å². The van der Waals surface area contributed by atoms with Crippen LogP contribution in [0.15, 0.2) is 51.9 Å². The molecule has 1 amide bonds. The van der Waals surface area contributed by atoms with Crippen LogP contribution >= 0.6 is 0 Å². The van der Waals surface area contributed by atoms with Crippen LogP contribution in [0.25, 0.3) is 11.4 Å². The average Bonchev–Trinajstić information content (AvgIpc) is 3.60. The molecule has 0 spiro atoms. The quantitative estimate of drug-likeness (QED) is 0.526. The first kappa shape index (κ1) is 23.5. The number of rotatable bonds is 7. The Hall–Kier alpha value is -3.24. The Bertz CT molecular complexity index is 1320. The molecule has 1 saturated heterocycles. The highest BCUT2D eigenvalue weighted by molar-refractivity contribution is 7.89. The molecule has 5 rings (SSSR count). The summed E-state index contributed by atoms with van der Waals surface area (Å²) in [6.45, 7) is 2.50. The Morgan fingerprint density at radius 3 is 2.46 bits per heavy atom. The molecule has 0 bridgehead atoms. The fourth-order valence-electron chi connectivity index (χ4n) is 4.29. The molecule has 2 aliphatic rings. The standard InChI is InChI=1S/C25H28N4O5S/c1-16-3-10-22(33-2)21(15-16)26-24(30)18-11-13-29(14-12-18)35(31,32)20-8-6-17(7-9-20)23-27-25(34-28-23)19-4-5-19/h3,6-10,15,18-19H,4-5,11-14H2,1-2H3,(H,26,30). The number of anilines is 1. The van der Waals surface area contributed by atoms with Gasteiger partial charge >= 0.3 is 0 Å². The molecular formula is C25H28N4O5S. The number of sulfonamides is 1.